The van der Waals surface area contributed by atoms with Crippen molar-refractivity contribution in [3.05, 3.63) is 82.7 Å². The molecule has 0 radical (unpaired) electrons. The van der Waals surface area contributed by atoms with Crippen molar-refractivity contribution in [2.24, 2.45) is 22.7 Å². The second kappa shape index (κ2) is 23.4. The first kappa shape index (κ1) is 57.4. The van der Waals surface area contributed by atoms with E-state index < -0.39 is 144 Å². The molecule has 2 aromatic carbocycles. The van der Waals surface area contributed by atoms with Crippen LogP contribution in [0.3, 0.4) is 0 Å². The van der Waals surface area contributed by atoms with Crippen molar-refractivity contribution in [2.45, 2.75) is 116 Å². The van der Waals surface area contributed by atoms with E-state index in [1.54, 1.807) is 10.6 Å². The molecule has 392 valence electrons. The highest BCUT2D eigenvalue weighted by Gasteiger charge is 2.57. The van der Waals surface area contributed by atoms with Crippen LogP contribution in [0.4, 0.5) is 52.7 Å². The Morgan fingerprint density at radius 3 is 1.51 bits per heavy atom. The minimum absolute atomic E-state index is 0.0560. The van der Waals surface area contributed by atoms with Crippen molar-refractivity contribution < 1.29 is 77.0 Å². The van der Waals surface area contributed by atoms with Gasteiger partial charge in [0.2, 0.25) is 17.7 Å². The van der Waals surface area contributed by atoms with Crippen molar-refractivity contribution in [1.29, 1.82) is 10.8 Å². The zero-order valence-electron chi connectivity index (χ0n) is 38.4. The molecular formula is C45H53F12N9O5. The Bertz CT molecular complexity index is 2290. The first-order valence-corrected chi connectivity index (χ1v) is 21.8. The van der Waals surface area contributed by atoms with E-state index in [0.717, 1.165) is 12.4 Å². The van der Waals surface area contributed by atoms with Crippen LogP contribution in [-0.4, -0.2) is 102 Å². The molecular weight excluding hydrogens is 975 g/mol. The lowest BCUT2D eigenvalue weighted by atomic mass is 9.82. The highest BCUT2D eigenvalue weighted by atomic mass is 19.4. The molecule has 0 spiro atoms. The standard InChI is InChI=1S/C45H53F12N9O5/c1-42(2,44(52,53)54)34(63-36(68)24-9-10-24)38(70)62-32(13-22-5-7-23(8-6-22)27(16-58)18-60-40(48)49)33(67)21-66(20-29-30(46)14-26(15-31(29)47)28(17-59)19-61-41(50)51)65-39(71)35(43(3,4)45(55,56)57)64-37(69)25-11-12-25/h5-8,14-19,24-25,32-35,40-41,58-61,67H,9-13,20-21H2,1-4H3,(H,62,70)(H,63,68)(H,64,69)(H,65,71)/b27-18+,28-19+,58-16?,59-17?/t32-,33-,34?,35+/m0/s1. The zero-order valence-corrected chi connectivity index (χ0v) is 38.4. The molecule has 4 rings (SSSR count). The minimum atomic E-state index is -5.20. The van der Waals surface area contributed by atoms with Gasteiger partial charge in [-0.05, 0) is 88.6 Å². The summed E-state index contributed by atoms with van der Waals surface area (Å²) >= 11 is 0. The minimum Gasteiger partial charge on any atom is -0.390 e. The van der Waals surface area contributed by atoms with Crippen molar-refractivity contribution in [2.75, 3.05) is 6.54 Å². The summed E-state index contributed by atoms with van der Waals surface area (Å²) in [4.78, 5) is 53.9. The quantitative estimate of drug-likeness (QED) is 0.0233. The Morgan fingerprint density at radius 1 is 0.690 bits per heavy atom. The molecule has 1 unspecified atom stereocenters. The third-order valence-corrected chi connectivity index (χ3v) is 12.0. The maximum Gasteiger partial charge on any atom is 0.396 e. The van der Waals surface area contributed by atoms with Gasteiger partial charge in [-0.2, -0.15) is 43.9 Å². The van der Waals surface area contributed by atoms with Crippen molar-refractivity contribution in [3.8, 4) is 0 Å². The van der Waals surface area contributed by atoms with Crippen LogP contribution in [0.2, 0.25) is 0 Å². The van der Waals surface area contributed by atoms with Crippen molar-refractivity contribution in [3.63, 3.8) is 0 Å². The van der Waals surface area contributed by atoms with Crippen molar-refractivity contribution >= 4 is 47.2 Å². The van der Waals surface area contributed by atoms with Gasteiger partial charge >= 0.3 is 25.5 Å². The maximum absolute atomic E-state index is 15.9. The second-order valence-electron chi connectivity index (χ2n) is 18.2. The number of hydrogen-bond acceptors (Lipinski definition) is 10. The van der Waals surface area contributed by atoms with Gasteiger partial charge in [-0.25, -0.2) is 13.8 Å². The van der Waals surface area contributed by atoms with Gasteiger partial charge in [-0.3, -0.25) is 24.6 Å². The van der Waals surface area contributed by atoms with Crippen LogP contribution in [0.5, 0.6) is 0 Å². The number of alkyl halides is 10. The fraction of sp³-hybridized carbons (Fsp3) is 0.511. The number of carbonyl (C=O) groups is 4. The predicted octanol–water partition coefficient (Wildman–Crippen LogP) is 6.46. The van der Waals surface area contributed by atoms with E-state index >= 15 is 8.78 Å². The number of benzene rings is 2. The smallest absolute Gasteiger partial charge is 0.390 e. The van der Waals surface area contributed by atoms with Crippen LogP contribution in [-0.2, 0) is 32.1 Å². The molecule has 71 heavy (non-hydrogen) atoms. The number of rotatable bonds is 25. The summed E-state index contributed by atoms with van der Waals surface area (Å²) in [6.07, 6.45) is -9.32. The average molecular weight is 1030 g/mol. The molecule has 2 aliphatic carbocycles. The van der Waals surface area contributed by atoms with Gasteiger partial charge in [0.15, 0.2) is 0 Å². The molecule has 2 aliphatic rings. The highest BCUT2D eigenvalue weighted by Crippen LogP contribution is 2.43. The van der Waals surface area contributed by atoms with E-state index in [1.165, 1.54) is 24.3 Å². The molecule has 26 heteroatoms. The SMILES string of the molecule is CC(C)(C(NC(=O)C1CC1)C(=O)N[C@@H](Cc1ccc(/C(C=N)=C/NC(F)F)cc1)[C@@H](O)CN(Cc1c(F)cc(/C(C=N)=C/NC(F)F)cc1F)NC(=O)[C@@H](NC(=O)C1CC1)C(C)(C)C(F)(F)F)C(F)(F)F. The third-order valence-electron chi connectivity index (χ3n) is 12.0. The lowest BCUT2D eigenvalue weighted by molar-refractivity contribution is -0.222. The summed E-state index contributed by atoms with van der Waals surface area (Å²) in [5.41, 5.74) is -5.64. The van der Waals surface area contributed by atoms with E-state index in [2.05, 4.69) is 16.0 Å². The Hall–Kier alpha value is -6.18. The second-order valence-corrected chi connectivity index (χ2v) is 18.2. The monoisotopic (exact) mass is 1030 g/mol. The maximum atomic E-state index is 15.9. The molecule has 2 fully saturated rings. The number of nitrogens with zero attached hydrogens (tertiary/aromatic N) is 1. The number of aliphatic hydroxyl groups is 1. The van der Waals surface area contributed by atoms with E-state index in [4.69, 9.17) is 10.8 Å². The number of halogens is 12. The fourth-order valence-electron chi connectivity index (χ4n) is 6.88. The largest absolute Gasteiger partial charge is 0.396 e. The van der Waals surface area contributed by atoms with Crippen LogP contribution in [0.15, 0.2) is 48.8 Å². The molecule has 0 heterocycles. The fourth-order valence-corrected chi connectivity index (χ4v) is 6.88. The summed E-state index contributed by atoms with van der Waals surface area (Å²) in [5, 5.41) is 37.3. The normalized spacial score (nSPS) is 16.7. The summed E-state index contributed by atoms with van der Waals surface area (Å²) in [6, 6.07) is -0.261. The van der Waals surface area contributed by atoms with Crippen LogP contribution in [0.25, 0.3) is 11.1 Å². The average Bonchev–Trinajstić information content (AvgIpc) is 4.20. The summed E-state index contributed by atoms with van der Waals surface area (Å²) in [7, 11) is 0. The van der Waals surface area contributed by atoms with Crippen molar-refractivity contribution in [1.82, 2.24) is 37.0 Å². The Balaban J connectivity index is 1.84. The molecule has 4 atom stereocenters. The number of allylic oxidation sites excluding steroid dienone is 2. The molecule has 2 saturated carbocycles. The lowest BCUT2D eigenvalue weighted by Crippen LogP contribution is -2.64. The van der Waals surface area contributed by atoms with E-state index in [0.29, 0.717) is 70.1 Å². The summed E-state index contributed by atoms with van der Waals surface area (Å²) in [6.45, 7) is -6.09. The van der Waals surface area contributed by atoms with Gasteiger partial charge in [0.1, 0.15) is 23.7 Å². The van der Waals surface area contributed by atoms with Crippen LogP contribution >= 0.6 is 0 Å². The first-order chi connectivity index (χ1) is 32.9. The van der Waals surface area contributed by atoms with Crippen LogP contribution in [0, 0.1) is 45.1 Å². The number of amides is 4. The molecule has 9 N–H and O–H groups in total. The van der Waals surface area contributed by atoms with Crippen LogP contribution in [0.1, 0.15) is 75.6 Å². The molecule has 4 amide bonds. The molecule has 0 aromatic heterocycles. The number of hydrogen-bond donors (Lipinski definition) is 9. The molecule has 0 saturated heterocycles. The number of aliphatic hydroxyl groups excluding tert-OH is 1. The van der Waals surface area contributed by atoms with E-state index in [1.807, 2.05) is 5.43 Å². The van der Waals surface area contributed by atoms with Gasteiger partial charge in [-0.1, -0.05) is 24.3 Å². The predicted molar refractivity (Wildman–Crippen MR) is 234 cm³/mol. The summed E-state index contributed by atoms with van der Waals surface area (Å²) in [5.74, 6) is -9.40. The highest BCUT2D eigenvalue weighted by molar-refractivity contribution is 6.08. The number of carbonyl (C=O) groups excluding carboxylic acids is 4. The molecule has 0 aliphatic heterocycles. The number of nitrogens with one attached hydrogen (secondary N) is 8. The molecule has 2 aromatic rings. The van der Waals surface area contributed by atoms with Gasteiger partial charge in [-0.15, -0.1) is 0 Å². The number of hydrazine groups is 1. The topological polar surface area (TPSA) is 212 Å². The summed E-state index contributed by atoms with van der Waals surface area (Å²) < 4.78 is 171. The Morgan fingerprint density at radius 2 is 1.11 bits per heavy atom. The van der Waals surface area contributed by atoms with Crippen LogP contribution < -0.4 is 32.0 Å². The van der Waals surface area contributed by atoms with Gasteiger partial charge in [0.05, 0.1) is 23.0 Å². The lowest BCUT2D eigenvalue weighted by Gasteiger charge is -2.38. The molecule has 14 nitrogen and oxygen atoms in total. The Kier molecular flexibility index (Phi) is 18.9. The Labute approximate surface area is 399 Å². The van der Waals surface area contributed by atoms with Gasteiger partial charge in [0.25, 0.3) is 5.91 Å². The zero-order chi connectivity index (χ0) is 53.4. The van der Waals surface area contributed by atoms with E-state index in [-0.39, 0.29) is 29.5 Å². The van der Waals surface area contributed by atoms with E-state index in [9.17, 15) is 68.2 Å². The molecule has 0 bridgehead atoms. The first-order valence-electron chi connectivity index (χ1n) is 21.8. The third kappa shape index (κ3) is 15.4. The van der Waals surface area contributed by atoms with Gasteiger partial charge in [0, 0.05) is 66.5 Å². The van der Waals surface area contributed by atoms with Gasteiger partial charge < -0.3 is 42.5 Å².